The van der Waals surface area contributed by atoms with E-state index in [2.05, 4.69) is 56.3 Å². The molecule has 0 bridgehead atoms. The molecule has 1 saturated heterocycles. The summed E-state index contributed by atoms with van der Waals surface area (Å²) in [6, 6.07) is 15.6. The molecule has 6 rings (SSSR count). The second-order valence-electron chi connectivity index (χ2n) is 8.28. The van der Waals surface area contributed by atoms with Crippen molar-refractivity contribution in [1.82, 2.24) is 24.1 Å². The Morgan fingerprint density at radius 2 is 1.87 bits per heavy atom. The van der Waals surface area contributed by atoms with E-state index in [4.69, 9.17) is 10.1 Å². The third-order valence-corrected chi connectivity index (χ3v) is 6.42. The van der Waals surface area contributed by atoms with Crippen molar-refractivity contribution in [1.29, 1.82) is 0 Å². The fourth-order valence-corrected chi connectivity index (χ4v) is 4.57. The summed E-state index contributed by atoms with van der Waals surface area (Å²) in [5.41, 5.74) is 2.27. The van der Waals surface area contributed by atoms with Crippen LogP contribution in [-0.2, 0) is 0 Å². The minimum atomic E-state index is 0.310. The number of benzene rings is 1. The van der Waals surface area contributed by atoms with Gasteiger partial charge in [0.05, 0.1) is 12.4 Å². The molecule has 4 aromatic rings. The summed E-state index contributed by atoms with van der Waals surface area (Å²) < 4.78 is 4.13. The average Bonchev–Trinajstić information content (AvgIpc) is 3.48. The average molecular weight is 400 g/mol. The van der Waals surface area contributed by atoms with Crippen LogP contribution in [0.25, 0.3) is 5.52 Å². The summed E-state index contributed by atoms with van der Waals surface area (Å²) in [7, 11) is 0. The predicted octanol–water partition coefficient (Wildman–Crippen LogP) is 4.74. The first-order chi connectivity index (χ1) is 14.8. The monoisotopic (exact) mass is 399 g/mol. The molecule has 1 aliphatic heterocycles. The second-order valence-corrected chi connectivity index (χ2v) is 8.28. The first-order valence-corrected chi connectivity index (χ1v) is 10.8. The fraction of sp³-hybridized carbons (Fsp3) is 0.348. The van der Waals surface area contributed by atoms with Gasteiger partial charge in [0.1, 0.15) is 11.3 Å². The quantitative estimate of drug-likeness (QED) is 0.525. The van der Waals surface area contributed by atoms with Gasteiger partial charge in [-0.2, -0.15) is 4.98 Å². The third-order valence-electron chi connectivity index (χ3n) is 6.42. The van der Waals surface area contributed by atoms with Crippen LogP contribution in [0, 0.1) is 0 Å². The highest BCUT2D eigenvalue weighted by Crippen LogP contribution is 2.36. The molecule has 7 nitrogen and oxygen atoms in total. The van der Waals surface area contributed by atoms with Crippen molar-refractivity contribution in [3.63, 3.8) is 0 Å². The highest BCUT2D eigenvalue weighted by atomic mass is 15.4. The van der Waals surface area contributed by atoms with Gasteiger partial charge in [0.15, 0.2) is 5.82 Å². The molecule has 1 N–H and O–H groups in total. The number of nitrogens with one attached hydrogen (secondary N) is 1. The van der Waals surface area contributed by atoms with Gasteiger partial charge in [-0.1, -0.05) is 30.3 Å². The largest absolute Gasteiger partial charge is 0.332 e. The van der Waals surface area contributed by atoms with E-state index in [0.717, 1.165) is 42.5 Å². The van der Waals surface area contributed by atoms with Gasteiger partial charge in [-0.05, 0) is 49.8 Å². The molecule has 3 aromatic heterocycles. The second kappa shape index (κ2) is 7.16. The molecule has 2 aliphatic rings. The van der Waals surface area contributed by atoms with Crippen LogP contribution in [-0.4, -0.2) is 30.7 Å². The van der Waals surface area contributed by atoms with E-state index >= 15 is 0 Å². The van der Waals surface area contributed by atoms with Crippen molar-refractivity contribution < 1.29 is 0 Å². The van der Waals surface area contributed by atoms with Gasteiger partial charge in [-0.3, -0.25) is 0 Å². The number of rotatable bonds is 5. The molecule has 2 fully saturated rings. The predicted molar refractivity (Wildman–Crippen MR) is 117 cm³/mol. The summed E-state index contributed by atoms with van der Waals surface area (Å²) in [5.74, 6) is 2.38. The van der Waals surface area contributed by atoms with Crippen molar-refractivity contribution in [2.75, 3.05) is 16.8 Å². The number of anilines is 3. The van der Waals surface area contributed by atoms with Crippen molar-refractivity contribution >= 4 is 23.1 Å². The van der Waals surface area contributed by atoms with Crippen LogP contribution in [0.2, 0.25) is 0 Å². The molecular formula is C23H25N7. The summed E-state index contributed by atoms with van der Waals surface area (Å²) in [5, 5.41) is 8.26. The number of hydrogen-bond acceptors (Lipinski definition) is 5. The van der Waals surface area contributed by atoms with Gasteiger partial charge in [0.2, 0.25) is 5.95 Å². The maximum atomic E-state index is 4.95. The smallest absolute Gasteiger partial charge is 0.246 e. The van der Waals surface area contributed by atoms with Crippen molar-refractivity contribution in [3.8, 4) is 0 Å². The van der Waals surface area contributed by atoms with Crippen LogP contribution in [0.3, 0.4) is 0 Å². The Balaban J connectivity index is 1.34. The van der Waals surface area contributed by atoms with Gasteiger partial charge in [-0.25, -0.2) is 9.50 Å². The van der Waals surface area contributed by atoms with Crippen LogP contribution in [0.15, 0.2) is 61.2 Å². The SMILES string of the molecule is c1ccc(C2CCCN2c2nc(Nc3cn(C4CCC4)cn3)c3cccn3n2)cc1. The zero-order valence-electron chi connectivity index (χ0n) is 16.9. The maximum Gasteiger partial charge on any atom is 0.246 e. The standard InChI is InChI=1S/C23H25N7/c1-2-7-17(8-3-1)19-11-5-13-29(19)23-26-22(20-12-6-14-30(20)27-23)25-21-15-28(16-24-21)18-9-4-10-18/h1-3,6-8,12,14-16,18-19H,4-5,9-11,13H2,(H,25,26,27). The zero-order chi connectivity index (χ0) is 19.9. The first-order valence-electron chi connectivity index (χ1n) is 10.8. The van der Waals surface area contributed by atoms with E-state index in [1.165, 1.54) is 24.8 Å². The van der Waals surface area contributed by atoms with Crippen LogP contribution in [0.1, 0.15) is 49.8 Å². The summed E-state index contributed by atoms with van der Waals surface area (Å²) in [4.78, 5) is 11.8. The van der Waals surface area contributed by atoms with E-state index in [-0.39, 0.29) is 0 Å². The minimum absolute atomic E-state index is 0.310. The first kappa shape index (κ1) is 17.5. The summed E-state index contributed by atoms with van der Waals surface area (Å²) >= 11 is 0. The lowest BCUT2D eigenvalue weighted by atomic mass is 9.93. The Kier molecular flexibility index (Phi) is 4.18. The molecule has 1 saturated carbocycles. The molecular weight excluding hydrogens is 374 g/mol. The van der Waals surface area contributed by atoms with Crippen LogP contribution in [0.4, 0.5) is 17.6 Å². The lowest BCUT2D eigenvalue weighted by Gasteiger charge is -2.26. The molecule has 7 heteroatoms. The zero-order valence-corrected chi connectivity index (χ0v) is 16.9. The van der Waals surface area contributed by atoms with Crippen LogP contribution >= 0.6 is 0 Å². The van der Waals surface area contributed by atoms with E-state index in [1.807, 2.05) is 29.2 Å². The lowest BCUT2D eigenvalue weighted by molar-refractivity contribution is 0.313. The van der Waals surface area contributed by atoms with Gasteiger partial charge in [0.25, 0.3) is 0 Å². The van der Waals surface area contributed by atoms with Crippen LogP contribution < -0.4 is 10.2 Å². The Bertz CT molecular complexity index is 1160. The van der Waals surface area contributed by atoms with Crippen molar-refractivity contribution in [3.05, 3.63) is 66.7 Å². The molecule has 152 valence electrons. The third kappa shape index (κ3) is 3.01. The van der Waals surface area contributed by atoms with Crippen molar-refractivity contribution in [2.45, 2.75) is 44.2 Å². The number of imidazole rings is 1. The minimum Gasteiger partial charge on any atom is -0.332 e. The van der Waals surface area contributed by atoms with Gasteiger partial charge < -0.3 is 14.8 Å². The number of aromatic nitrogens is 5. The molecule has 30 heavy (non-hydrogen) atoms. The van der Waals surface area contributed by atoms with E-state index in [0.29, 0.717) is 12.1 Å². The molecule has 1 unspecified atom stereocenters. The molecule has 0 radical (unpaired) electrons. The van der Waals surface area contributed by atoms with E-state index < -0.39 is 0 Å². The highest BCUT2D eigenvalue weighted by molar-refractivity contribution is 5.73. The molecule has 1 atom stereocenters. The number of nitrogens with zero attached hydrogens (tertiary/aromatic N) is 6. The van der Waals surface area contributed by atoms with E-state index in [9.17, 15) is 0 Å². The Morgan fingerprint density at radius 3 is 2.70 bits per heavy atom. The lowest BCUT2D eigenvalue weighted by Crippen LogP contribution is -2.25. The summed E-state index contributed by atoms with van der Waals surface area (Å²) in [6.07, 6.45) is 12.0. The Labute approximate surface area is 175 Å². The Hall–Kier alpha value is -3.35. The molecule has 0 amide bonds. The molecule has 0 spiro atoms. The molecule has 1 aliphatic carbocycles. The highest BCUT2D eigenvalue weighted by Gasteiger charge is 2.29. The number of hydrogen-bond donors (Lipinski definition) is 1. The number of fused-ring (bicyclic) bond motifs is 1. The van der Waals surface area contributed by atoms with Gasteiger partial charge in [0, 0.05) is 25.0 Å². The van der Waals surface area contributed by atoms with Crippen molar-refractivity contribution in [2.24, 2.45) is 0 Å². The maximum absolute atomic E-state index is 4.95. The molecule has 1 aromatic carbocycles. The topological polar surface area (TPSA) is 63.3 Å². The summed E-state index contributed by atoms with van der Waals surface area (Å²) in [6.45, 7) is 0.960. The van der Waals surface area contributed by atoms with Crippen LogP contribution in [0.5, 0.6) is 0 Å². The fourth-order valence-electron chi connectivity index (χ4n) is 4.57. The van der Waals surface area contributed by atoms with Gasteiger partial charge in [-0.15, -0.1) is 5.10 Å². The van der Waals surface area contributed by atoms with Gasteiger partial charge >= 0.3 is 0 Å². The van der Waals surface area contributed by atoms with E-state index in [1.54, 1.807) is 0 Å². The normalized spacial score (nSPS) is 19.3. The molecule has 4 heterocycles. The Morgan fingerprint density at radius 1 is 0.967 bits per heavy atom.